The number of thiophene rings is 1. The highest BCUT2D eigenvalue weighted by Crippen LogP contribution is 2.50. The molecule has 0 unspecified atom stereocenters. The maximum absolute atomic E-state index is 5.30. The molecule has 2 heterocycles. The molecule has 0 atom stereocenters. The molecular formula is C55H38N2S. The lowest BCUT2D eigenvalue weighted by atomic mass is 9.82. The molecule has 0 fully saturated rings. The quantitative estimate of drug-likeness (QED) is 0.169. The average Bonchev–Trinajstić information content (AvgIpc) is 3.77. The molecule has 11 rings (SSSR count). The van der Waals surface area contributed by atoms with Crippen molar-refractivity contribution in [1.29, 1.82) is 0 Å². The topological polar surface area (TPSA) is 25.8 Å². The Morgan fingerprint density at radius 3 is 1.71 bits per heavy atom. The zero-order chi connectivity index (χ0) is 38.8. The Kier molecular flexibility index (Phi) is 8.06. The van der Waals surface area contributed by atoms with E-state index in [1.807, 2.05) is 35.6 Å². The van der Waals surface area contributed by atoms with Gasteiger partial charge in [0.2, 0.25) is 0 Å². The van der Waals surface area contributed by atoms with Crippen LogP contribution in [0.5, 0.6) is 0 Å². The minimum atomic E-state index is -0.0448. The van der Waals surface area contributed by atoms with Gasteiger partial charge in [0, 0.05) is 42.3 Å². The molecule has 1 aliphatic rings. The Morgan fingerprint density at radius 1 is 0.345 bits per heavy atom. The second-order valence-corrected chi connectivity index (χ2v) is 16.9. The first-order chi connectivity index (χ1) is 28.5. The molecule has 58 heavy (non-hydrogen) atoms. The van der Waals surface area contributed by atoms with Crippen LogP contribution in [0.4, 0.5) is 0 Å². The summed E-state index contributed by atoms with van der Waals surface area (Å²) < 4.78 is 2.60. The average molecular weight is 759 g/mol. The summed E-state index contributed by atoms with van der Waals surface area (Å²) in [5.41, 5.74) is 17.3. The van der Waals surface area contributed by atoms with Crippen LogP contribution < -0.4 is 0 Å². The van der Waals surface area contributed by atoms with Crippen LogP contribution in [-0.4, -0.2) is 9.97 Å². The van der Waals surface area contributed by atoms with Crippen LogP contribution in [0.25, 0.3) is 98.6 Å². The number of hydrogen-bond donors (Lipinski definition) is 0. The summed E-state index contributed by atoms with van der Waals surface area (Å²) in [6.07, 6.45) is 0. The second-order valence-electron chi connectivity index (χ2n) is 15.8. The summed E-state index contributed by atoms with van der Waals surface area (Å²) >= 11 is 1.85. The molecule has 274 valence electrons. The van der Waals surface area contributed by atoms with E-state index in [4.69, 9.17) is 9.97 Å². The highest BCUT2D eigenvalue weighted by Gasteiger charge is 2.35. The third-order valence-corrected chi connectivity index (χ3v) is 13.1. The summed E-state index contributed by atoms with van der Waals surface area (Å²) in [5.74, 6) is 0.705. The molecule has 0 radical (unpaired) electrons. The fraction of sp³-hybridized carbons (Fsp3) is 0.0545. The van der Waals surface area contributed by atoms with Gasteiger partial charge in [-0.1, -0.05) is 159 Å². The van der Waals surface area contributed by atoms with Crippen LogP contribution in [-0.2, 0) is 5.41 Å². The standard InChI is InChI=1S/C55H38N2S/c1-55(2)48-23-13-11-21-44(48)46-33-38(25-27-49(46)55)42-19-9-10-20-43(42)40-29-39(37-26-28-53-47(32-37)45-22-12-14-24-52(45)58-53)30-41(31-40)51-34-50(35-15-5-3-6-16-35)56-54(57-51)36-17-7-4-8-18-36/h3-34H,1-2H3. The predicted octanol–water partition coefficient (Wildman–Crippen LogP) is 15.2. The van der Waals surface area contributed by atoms with E-state index in [1.165, 1.54) is 64.7 Å². The van der Waals surface area contributed by atoms with E-state index in [-0.39, 0.29) is 5.41 Å². The van der Waals surface area contributed by atoms with Crippen LogP contribution in [0.3, 0.4) is 0 Å². The molecule has 1 aliphatic carbocycles. The fourth-order valence-electron chi connectivity index (χ4n) is 8.95. The zero-order valence-corrected chi connectivity index (χ0v) is 33.1. The fourth-order valence-corrected chi connectivity index (χ4v) is 10.0. The van der Waals surface area contributed by atoms with Crippen molar-refractivity contribution in [2.24, 2.45) is 0 Å². The zero-order valence-electron chi connectivity index (χ0n) is 32.3. The highest BCUT2D eigenvalue weighted by atomic mass is 32.1. The summed E-state index contributed by atoms with van der Waals surface area (Å²) in [7, 11) is 0. The summed E-state index contributed by atoms with van der Waals surface area (Å²) in [5, 5.41) is 2.58. The third kappa shape index (κ3) is 5.78. The molecule has 0 saturated carbocycles. The van der Waals surface area contributed by atoms with Gasteiger partial charge < -0.3 is 0 Å². The number of rotatable bonds is 6. The maximum atomic E-state index is 5.30. The van der Waals surface area contributed by atoms with Gasteiger partial charge in [-0.3, -0.25) is 0 Å². The van der Waals surface area contributed by atoms with Crippen molar-refractivity contribution in [3.05, 3.63) is 205 Å². The molecule has 0 spiro atoms. The van der Waals surface area contributed by atoms with Crippen LogP contribution in [0, 0.1) is 0 Å². The largest absolute Gasteiger partial charge is 0.228 e. The van der Waals surface area contributed by atoms with Gasteiger partial charge in [-0.15, -0.1) is 11.3 Å². The summed E-state index contributed by atoms with van der Waals surface area (Å²) in [6.45, 7) is 4.68. The van der Waals surface area contributed by atoms with Crippen LogP contribution in [0.1, 0.15) is 25.0 Å². The van der Waals surface area contributed by atoms with Crippen molar-refractivity contribution in [2.75, 3.05) is 0 Å². The van der Waals surface area contributed by atoms with Crippen molar-refractivity contribution >= 4 is 31.5 Å². The SMILES string of the molecule is CC1(C)c2ccccc2-c2cc(-c3ccccc3-c3cc(-c4ccc5sc6ccccc6c5c4)cc(-c4cc(-c5ccccc5)nc(-c5ccccc5)n4)c3)ccc21. The first-order valence-electron chi connectivity index (χ1n) is 19.9. The van der Waals surface area contributed by atoms with E-state index in [1.54, 1.807) is 0 Å². The molecular weight excluding hydrogens is 721 g/mol. The minimum absolute atomic E-state index is 0.0448. The Bertz CT molecular complexity index is 3140. The van der Waals surface area contributed by atoms with E-state index in [0.29, 0.717) is 5.82 Å². The van der Waals surface area contributed by atoms with Crippen molar-refractivity contribution in [1.82, 2.24) is 9.97 Å². The molecule has 8 aromatic carbocycles. The monoisotopic (exact) mass is 758 g/mol. The Morgan fingerprint density at radius 2 is 0.914 bits per heavy atom. The summed E-state index contributed by atoms with van der Waals surface area (Å²) in [6, 6.07) is 70.3. The van der Waals surface area contributed by atoms with E-state index >= 15 is 0 Å². The van der Waals surface area contributed by atoms with Gasteiger partial charge in [0.05, 0.1) is 11.4 Å². The number of aromatic nitrogens is 2. The van der Waals surface area contributed by atoms with Crippen LogP contribution in [0.15, 0.2) is 194 Å². The van der Waals surface area contributed by atoms with Crippen molar-refractivity contribution in [3.8, 4) is 78.4 Å². The molecule has 3 heteroatoms. The van der Waals surface area contributed by atoms with E-state index in [9.17, 15) is 0 Å². The summed E-state index contributed by atoms with van der Waals surface area (Å²) in [4.78, 5) is 10.4. The van der Waals surface area contributed by atoms with E-state index in [0.717, 1.165) is 39.2 Å². The molecule has 0 bridgehead atoms. The molecule has 0 amide bonds. The van der Waals surface area contributed by atoms with Gasteiger partial charge in [-0.05, 0) is 104 Å². The minimum Gasteiger partial charge on any atom is -0.228 e. The molecule has 0 N–H and O–H groups in total. The molecule has 10 aromatic rings. The first kappa shape index (κ1) is 34.3. The smallest absolute Gasteiger partial charge is 0.160 e. The van der Waals surface area contributed by atoms with Gasteiger partial charge in [-0.2, -0.15) is 0 Å². The van der Waals surface area contributed by atoms with Gasteiger partial charge in [0.25, 0.3) is 0 Å². The lowest BCUT2D eigenvalue weighted by Gasteiger charge is -2.21. The van der Waals surface area contributed by atoms with Gasteiger partial charge in [-0.25, -0.2) is 9.97 Å². The van der Waals surface area contributed by atoms with Crippen LogP contribution >= 0.6 is 11.3 Å². The normalized spacial score (nSPS) is 12.8. The van der Waals surface area contributed by atoms with Crippen molar-refractivity contribution in [2.45, 2.75) is 19.3 Å². The van der Waals surface area contributed by atoms with Crippen LogP contribution in [0.2, 0.25) is 0 Å². The Balaban J connectivity index is 1.13. The number of fused-ring (bicyclic) bond motifs is 6. The van der Waals surface area contributed by atoms with Crippen molar-refractivity contribution in [3.63, 3.8) is 0 Å². The number of nitrogens with zero attached hydrogens (tertiary/aromatic N) is 2. The second kappa shape index (κ2) is 13.6. The number of hydrogen-bond acceptors (Lipinski definition) is 3. The van der Waals surface area contributed by atoms with Crippen molar-refractivity contribution < 1.29 is 0 Å². The molecule has 0 aliphatic heterocycles. The van der Waals surface area contributed by atoms with Gasteiger partial charge in [0.1, 0.15) is 0 Å². The lowest BCUT2D eigenvalue weighted by Crippen LogP contribution is -2.14. The molecule has 2 nitrogen and oxygen atoms in total. The predicted molar refractivity (Wildman–Crippen MR) is 245 cm³/mol. The van der Waals surface area contributed by atoms with Gasteiger partial charge >= 0.3 is 0 Å². The third-order valence-electron chi connectivity index (χ3n) is 11.9. The molecule has 0 saturated heterocycles. The Hall–Kier alpha value is -6.94. The first-order valence-corrected chi connectivity index (χ1v) is 20.7. The Labute approximate surface area is 342 Å². The van der Waals surface area contributed by atoms with Gasteiger partial charge in [0.15, 0.2) is 5.82 Å². The van der Waals surface area contributed by atoms with E-state index in [2.05, 4.69) is 184 Å². The lowest BCUT2D eigenvalue weighted by molar-refractivity contribution is 0.660. The molecule has 2 aromatic heterocycles. The highest BCUT2D eigenvalue weighted by molar-refractivity contribution is 7.25. The maximum Gasteiger partial charge on any atom is 0.160 e. The number of benzene rings is 8. The van der Waals surface area contributed by atoms with E-state index < -0.39 is 0 Å².